The van der Waals surface area contributed by atoms with Crippen LogP contribution in [0, 0.1) is 5.41 Å². The lowest BCUT2D eigenvalue weighted by atomic mass is 9.55. The third-order valence-electron chi connectivity index (χ3n) is 3.36. The fourth-order valence-electron chi connectivity index (χ4n) is 2.73. The molecule has 1 N–H and O–H groups in total. The van der Waals surface area contributed by atoms with Gasteiger partial charge in [-0.2, -0.15) is 0 Å². The smallest absolute Gasteiger partial charge is 0.212 e. The molecular formula is C16H33B2NO. The van der Waals surface area contributed by atoms with Crippen LogP contribution < -0.4 is 5.32 Å². The van der Waals surface area contributed by atoms with Gasteiger partial charge in [-0.25, -0.2) is 0 Å². The molecule has 0 aromatic heterocycles. The third kappa shape index (κ3) is 10.4. The summed E-state index contributed by atoms with van der Waals surface area (Å²) >= 11 is 0. The zero-order valence-corrected chi connectivity index (χ0v) is 14.7. The Kier molecular flexibility index (Phi) is 8.62. The zero-order chi connectivity index (χ0) is 15.8. The average molecular weight is 277 g/mol. The Bertz CT molecular complexity index is 288. The van der Waals surface area contributed by atoms with E-state index < -0.39 is 0 Å². The fourth-order valence-corrected chi connectivity index (χ4v) is 2.73. The standard InChI is InChI=1S/C16H33B2NO/c1-8-9-17-10-14(20)19-16(6,7)11-15(4,5)12-18-13(2)3/h13H,8-12H2,1-7H3,(H,19,20). The highest BCUT2D eigenvalue weighted by atomic mass is 16.1. The van der Waals surface area contributed by atoms with Crippen molar-refractivity contribution in [3.63, 3.8) is 0 Å². The number of carbonyl (C=O) groups excluding carboxylic acids is 1. The summed E-state index contributed by atoms with van der Waals surface area (Å²) < 4.78 is 0. The summed E-state index contributed by atoms with van der Waals surface area (Å²) in [4.78, 5) is 11.9. The van der Waals surface area contributed by atoms with Crippen LogP contribution in [-0.2, 0) is 4.79 Å². The van der Waals surface area contributed by atoms with Gasteiger partial charge in [0.15, 0.2) is 0 Å². The van der Waals surface area contributed by atoms with Crippen LogP contribution in [0.5, 0.6) is 0 Å². The maximum atomic E-state index is 11.9. The van der Waals surface area contributed by atoms with E-state index in [-0.39, 0.29) is 16.9 Å². The molecule has 2 nitrogen and oxygen atoms in total. The van der Waals surface area contributed by atoms with Crippen LogP contribution in [-0.4, -0.2) is 26.0 Å². The Morgan fingerprint density at radius 2 is 1.80 bits per heavy atom. The molecular weight excluding hydrogens is 244 g/mol. The van der Waals surface area contributed by atoms with Crippen LogP contribution in [0.25, 0.3) is 0 Å². The number of amides is 1. The van der Waals surface area contributed by atoms with E-state index in [4.69, 9.17) is 0 Å². The minimum absolute atomic E-state index is 0.145. The van der Waals surface area contributed by atoms with Gasteiger partial charge in [-0.1, -0.05) is 59.5 Å². The Morgan fingerprint density at radius 3 is 2.30 bits per heavy atom. The molecule has 1 amide bonds. The summed E-state index contributed by atoms with van der Waals surface area (Å²) in [5.74, 6) is 0.766. The molecule has 0 saturated carbocycles. The number of carbonyl (C=O) groups is 1. The van der Waals surface area contributed by atoms with Crippen LogP contribution in [0.2, 0.25) is 24.8 Å². The third-order valence-corrected chi connectivity index (χ3v) is 3.36. The first-order chi connectivity index (χ1) is 9.08. The summed E-state index contributed by atoms with van der Waals surface area (Å²) in [5.41, 5.74) is 0.0691. The maximum absolute atomic E-state index is 11.9. The van der Waals surface area contributed by atoms with Crippen molar-refractivity contribution >= 4 is 20.5 Å². The highest BCUT2D eigenvalue weighted by Crippen LogP contribution is 2.32. The molecule has 0 aliphatic carbocycles. The quantitative estimate of drug-likeness (QED) is 0.470. The maximum Gasteiger partial charge on any atom is 0.212 e. The van der Waals surface area contributed by atoms with E-state index in [0.717, 1.165) is 25.5 Å². The molecule has 2 radical (unpaired) electrons. The monoisotopic (exact) mass is 277 g/mol. The molecule has 0 atom stereocenters. The fraction of sp³-hybridized carbons (Fsp3) is 0.938. The second-order valence-electron chi connectivity index (χ2n) is 7.74. The second-order valence-corrected chi connectivity index (χ2v) is 7.74. The van der Waals surface area contributed by atoms with Gasteiger partial charge in [-0.3, -0.25) is 4.79 Å². The predicted molar refractivity (Wildman–Crippen MR) is 91.9 cm³/mol. The Hall–Kier alpha value is -0.400. The van der Waals surface area contributed by atoms with E-state index in [0.29, 0.717) is 12.1 Å². The molecule has 4 heteroatoms. The molecule has 0 fully saturated rings. The summed E-state index contributed by atoms with van der Waals surface area (Å²) in [6, 6.07) is 0. The molecule has 0 spiro atoms. The molecule has 0 rings (SSSR count). The van der Waals surface area contributed by atoms with Crippen molar-refractivity contribution in [2.75, 3.05) is 0 Å². The average Bonchev–Trinajstić information content (AvgIpc) is 2.24. The highest BCUT2D eigenvalue weighted by molar-refractivity contribution is 6.41. The number of nitrogens with one attached hydrogen (secondary N) is 1. The molecule has 114 valence electrons. The lowest BCUT2D eigenvalue weighted by Crippen LogP contribution is -2.46. The predicted octanol–water partition coefficient (Wildman–Crippen LogP) is 4.20. The minimum Gasteiger partial charge on any atom is -0.352 e. The van der Waals surface area contributed by atoms with Gasteiger partial charge >= 0.3 is 0 Å². The Balaban J connectivity index is 4.24. The molecule has 0 aliphatic heterocycles. The van der Waals surface area contributed by atoms with Crippen LogP contribution in [0.15, 0.2) is 0 Å². The number of rotatable bonds is 10. The second kappa shape index (κ2) is 8.79. The number of hydrogen-bond donors (Lipinski definition) is 1. The molecule has 0 saturated heterocycles. The Labute approximate surface area is 128 Å². The lowest BCUT2D eigenvalue weighted by Gasteiger charge is -2.36. The van der Waals surface area contributed by atoms with Crippen molar-refractivity contribution in [3.05, 3.63) is 0 Å². The summed E-state index contributed by atoms with van der Waals surface area (Å²) in [6.07, 6.45) is 4.74. The van der Waals surface area contributed by atoms with Crippen LogP contribution >= 0.6 is 0 Å². The van der Waals surface area contributed by atoms with Gasteiger partial charge in [-0.15, -0.1) is 0 Å². The SMILES string of the molecule is CCC[B]CC(=O)NC(C)(C)CC(C)(C)C[B]C(C)C. The van der Waals surface area contributed by atoms with E-state index in [2.05, 4.69) is 68.3 Å². The van der Waals surface area contributed by atoms with Crippen LogP contribution in [0.3, 0.4) is 0 Å². The van der Waals surface area contributed by atoms with Gasteiger partial charge in [0.1, 0.15) is 14.6 Å². The normalized spacial score (nSPS) is 12.4. The van der Waals surface area contributed by atoms with E-state index in [1.165, 1.54) is 0 Å². The van der Waals surface area contributed by atoms with Gasteiger partial charge in [-0.05, 0) is 32.0 Å². The first-order valence-electron chi connectivity index (χ1n) is 8.04. The first-order valence-corrected chi connectivity index (χ1v) is 8.04. The molecule has 0 heterocycles. The van der Waals surface area contributed by atoms with Gasteiger partial charge in [0.25, 0.3) is 0 Å². The van der Waals surface area contributed by atoms with Crippen LogP contribution in [0.4, 0.5) is 0 Å². The molecule has 0 bridgehead atoms. The van der Waals surface area contributed by atoms with E-state index in [1.54, 1.807) is 0 Å². The topological polar surface area (TPSA) is 29.1 Å². The molecule has 0 aromatic rings. The first kappa shape index (κ1) is 19.6. The van der Waals surface area contributed by atoms with Crippen molar-refractivity contribution in [2.24, 2.45) is 5.41 Å². The largest absolute Gasteiger partial charge is 0.352 e. The lowest BCUT2D eigenvalue weighted by molar-refractivity contribution is -0.120. The summed E-state index contributed by atoms with van der Waals surface area (Å²) in [5, 5.41) is 3.17. The van der Waals surface area contributed by atoms with Crippen molar-refractivity contribution < 1.29 is 4.79 Å². The highest BCUT2D eigenvalue weighted by Gasteiger charge is 2.29. The zero-order valence-electron chi connectivity index (χ0n) is 14.7. The van der Waals surface area contributed by atoms with E-state index in [1.807, 2.05) is 0 Å². The van der Waals surface area contributed by atoms with Crippen molar-refractivity contribution in [3.8, 4) is 0 Å². The molecule has 0 aliphatic rings. The van der Waals surface area contributed by atoms with E-state index >= 15 is 0 Å². The minimum atomic E-state index is -0.147. The van der Waals surface area contributed by atoms with Crippen molar-refractivity contribution in [1.82, 2.24) is 5.32 Å². The van der Waals surface area contributed by atoms with Gasteiger partial charge in [0.05, 0.1) is 0 Å². The van der Waals surface area contributed by atoms with Gasteiger partial charge in [0.2, 0.25) is 5.91 Å². The Morgan fingerprint density at radius 1 is 1.20 bits per heavy atom. The summed E-state index contributed by atoms with van der Waals surface area (Å²) in [6.45, 7) is 15.4. The molecule has 0 unspecified atom stereocenters. The molecule has 0 aromatic carbocycles. The van der Waals surface area contributed by atoms with Crippen LogP contribution in [0.1, 0.15) is 61.3 Å². The van der Waals surface area contributed by atoms with Crippen molar-refractivity contribution in [1.29, 1.82) is 0 Å². The van der Waals surface area contributed by atoms with Crippen molar-refractivity contribution in [2.45, 2.75) is 91.6 Å². The van der Waals surface area contributed by atoms with Gasteiger partial charge < -0.3 is 5.32 Å². The molecule has 20 heavy (non-hydrogen) atoms. The van der Waals surface area contributed by atoms with E-state index in [9.17, 15) is 4.79 Å². The number of hydrogen-bond acceptors (Lipinski definition) is 1. The summed E-state index contributed by atoms with van der Waals surface area (Å²) in [7, 11) is 4.44. The van der Waals surface area contributed by atoms with Gasteiger partial charge in [0, 0.05) is 5.54 Å².